The van der Waals surface area contributed by atoms with E-state index in [0.717, 1.165) is 5.56 Å². The van der Waals surface area contributed by atoms with E-state index in [4.69, 9.17) is 11.6 Å². The number of aromatic carboxylic acids is 1. The first-order valence-electron chi connectivity index (χ1n) is 6.32. The van der Waals surface area contributed by atoms with E-state index in [0.29, 0.717) is 16.3 Å². The van der Waals surface area contributed by atoms with Crippen molar-refractivity contribution in [1.29, 1.82) is 0 Å². The fourth-order valence-electron chi connectivity index (χ4n) is 1.97. The molecule has 0 radical (unpaired) electrons. The molecular weight excluding hydrogens is 290 g/mol. The van der Waals surface area contributed by atoms with E-state index < -0.39 is 5.97 Å². The van der Waals surface area contributed by atoms with Crippen LogP contribution in [0, 0.1) is 6.92 Å². The lowest BCUT2D eigenvalue weighted by Crippen LogP contribution is -2.24. The Bertz CT molecular complexity index is 680. The fourth-order valence-corrected chi connectivity index (χ4v) is 2.10. The van der Waals surface area contributed by atoms with Crippen LogP contribution >= 0.6 is 11.6 Å². The third kappa shape index (κ3) is 3.83. The van der Waals surface area contributed by atoms with Gasteiger partial charge < -0.3 is 15.2 Å². The first-order valence-corrected chi connectivity index (χ1v) is 6.70. The Kier molecular flexibility index (Phi) is 4.60. The van der Waals surface area contributed by atoms with Crippen molar-refractivity contribution in [3.63, 3.8) is 0 Å². The largest absolute Gasteiger partial charge is 0.545 e. The molecule has 0 heterocycles. The second-order valence-corrected chi connectivity index (χ2v) is 5.05. The summed E-state index contributed by atoms with van der Waals surface area (Å²) in [7, 11) is 0. The van der Waals surface area contributed by atoms with Gasteiger partial charge in [-0.1, -0.05) is 35.9 Å². The Morgan fingerprint density at radius 3 is 2.43 bits per heavy atom. The highest BCUT2D eigenvalue weighted by Crippen LogP contribution is 2.19. The molecule has 0 aliphatic carbocycles. The van der Waals surface area contributed by atoms with E-state index in [9.17, 15) is 14.7 Å². The van der Waals surface area contributed by atoms with Crippen LogP contribution in [0.15, 0.2) is 42.5 Å². The zero-order valence-electron chi connectivity index (χ0n) is 11.4. The van der Waals surface area contributed by atoms with Gasteiger partial charge in [0.1, 0.15) is 0 Å². The Balaban J connectivity index is 2.11. The third-order valence-corrected chi connectivity index (χ3v) is 3.36. The van der Waals surface area contributed by atoms with E-state index in [2.05, 4.69) is 5.32 Å². The molecule has 0 atom stereocenters. The van der Waals surface area contributed by atoms with Gasteiger partial charge in [-0.15, -0.1) is 0 Å². The first kappa shape index (κ1) is 15.1. The second kappa shape index (κ2) is 6.41. The monoisotopic (exact) mass is 302 g/mol. The SMILES string of the molecule is Cc1c(NC(=O)Cc2ccc(Cl)cc2)cccc1C(=O)[O-]. The topological polar surface area (TPSA) is 69.2 Å². The highest BCUT2D eigenvalue weighted by molar-refractivity contribution is 6.30. The maximum absolute atomic E-state index is 12.0. The number of benzene rings is 2. The van der Waals surface area contributed by atoms with Gasteiger partial charge in [-0.3, -0.25) is 4.79 Å². The number of amides is 1. The summed E-state index contributed by atoms with van der Waals surface area (Å²) in [6, 6.07) is 11.6. The van der Waals surface area contributed by atoms with Crippen LogP contribution in [0.3, 0.4) is 0 Å². The molecule has 2 aromatic carbocycles. The molecule has 0 saturated carbocycles. The van der Waals surface area contributed by atoms with Gasteiger partial charge in [-0.2, -0.15) is 0 Å². The highest BCUT2D eigenvalue weighted by atomic mass is 35.5. The van der Waals surface area contributed by atoms with Crippen molar-refractivity contribution in [2.45, 2.75) is 13.3 Å². The normalized spacial score (nSPS) is 10.2. The molecule has 4 nitrogen and oxygen atoms in total. The maximum atomic E-state index is 12.0. The number of hydrogen-bond donors (Lipinski definition) is 1. The standard InChI is InChI=1S/C16H14ClNO3/c1-10-13(16(20)21)3-2-4-14(10)18-15(19)9-11-5-7-12(17)8-6-11/h2-8H,9H2,1H3,(H,18,19)(H,20,21)/p-1. The number of halogens is 1. The third-order valence-electron chi connectivity index (χ3n) is 3.11. The van der Waals surface area contributed by atoms with Gasteiger partial charge in [-0.25, -0.2) is 0 Å². The van der Waals surface area contributed by atoms with Crippen LogP contribution in [0.25, 0.3) is 0 Å². The van der Waals surface area contributed by atoms with Gasteiger partial charge in [-0.05, 0) is 36.2 Å². The van der Waals surface area contributed by atoms with Gasteiger partial charge in [0.15, 0.2) is 0 Å². The summed E-state index contributed by atoms with van der Waals surface area (Å²) in [5.41, 5.74) is 1.84. The zero-order chi connectivity index (χ0) is 15.4. The average Bonchev–Trinajstić information content (AvgIpc) is 2.43. The maximum Gasteiger partial charge on any atom is 0.228 e. The molecule has 1 amide bonds. The molecule has 5 heteroatoms. The lowest BCUT2D eigenvalue weighted by Gasteiger charge is -2.13. The van der Waals surface area contributed by atoms with E-state index >= 15 is 0 Å². The molecule has 108 valence electrons. The second-order valence-electron chi connectivity index (χ2n) is 4.62. The van der Waals surface area contributed by atoms with Gasteiger partial charge in [0.2, 0.25) is 5.91 Å². The summed E-state index contributed by atoms with van der Waals surface area (Å²) >= 11 is 5.78. The quantitative estimate of drug-likeness (QED) is 0.941. The Hall–Kier alpha value is -2.33. The number of anilines is 1. The van der Waals surface area contributed by atoms with Crippen LogP contribution < -0.4 is 10.4 Å². The molecule has 0 bridgehead atoms. The molecule has 0 aromatic heterocycles. The molecule has 21 heavy (non-hydrogen) atoms. The van der Waals surface area contributed by atoms with Crippen molar-refractivity contribution in [2.24, 2.45) is 0 Å². The van der Waals surface area contributed by atoms with Crippen molar-refractivity contribution in [3.8, 4) is 0 Å². The lowest BCUT2D eigenvalue weighted by molar-refractivity contribution is -0.255. The van der Waals surface area contributed by atoms with Crippen molar-refractivity contribution in [3.05, 3.63) is 64.2 Å². The molecule has 0 spiro atoms. The Morgan fingerprint density at radius 2 is 1.81 bits per heavy atom. The molecular formula is C16H13ClNO3-. The van der Waals surface area contributed by atoms with Crippen LogP contribution in [0.1, 0.15) is 21.5 Å². The number of rotatable bonds is 4. The number of nitrogens with one attached hydrogen (secondary N) is 1. The minimum absolute atomic E-state index is 0.0688. The lowest BCUT2D eigenvalue weighted by atomic mass is 10.1. The minimum atomic E-state index is -1.26. The summed E-state index contributed by atoms with van der Waals surface area (Å²) in [4.78, 5) is 22.9. The molecule has 2 aromatic rings. The number of carbonyl (C=O) groups excluding carboxylic acids is 2. The molecule has 0 aliphatic rings. The van der Waals surface area contributed by atoms with Gasteiger partial charge in [0, 0.05) is 16.3 Å². The van der Waals surface area contributed by atoms with E-state index in [1.807, 2.05) is 0 Å². The van der Waals surface area contributed by atoms with Crippen molar-refractivity contribution < 1.29 is 14.7 Å². The number of hydrogen-bond acceptors (Lipinski definition) is 3. The zero-order valence-corrected chi connectivity index (χ0v) is 12.1. The number of carbonyl (C=O) groups is 2. The molecule has 0 aliphatic heterocycles. The van der Waals surface area contributed by atoms with Crippen LogP contribution in [0.5, 0.6) is 0 Å². The summed E-state index contributed by atoms with van der Waals surface area (Å²) in [6.45, 7) is 1.63. The van der Waals surface area contributed by atoms with Gasteiger partial charge in [0.05, 0.1) is 12.4 Å². The van der Waals surface area contributed by atoms with E-state index in [-0.39, 0.29) is 17.9 Å². The van der Waals surface area contributed by atoms with E-state index in [1.165, 1.54) is 6.07 Å². The molecule has 2 rings (SSSR count). The fraction of sp³-hybridized carbons (Fsp3) is 0.125. The summed E-state index contributed by atoms with van der Waals surface area (Å²) in [5, 5.41) is 14.3. The van der Waals surface area contributed by atoms with Crippen molar-refractivity contribution >= 4 is 29.2 Å². The summed E-state index contributed by atoms with van der Waals surface area (Å²) in [5.74, 6) is -1.49. The van der Waals surface area contributed by atoms with Gasteiger partial charge in [0.25, 0.3) is 0 Å². The minimum Gasteiger partial charge on any atom is -0.545 e. The first-order chi connectivity index (χ1) is 9.97. The van der Waals surface area contributed by atoms with Crippen molar-refractivity contribution in [2.75, 3.05) is 5.32 Å². The molecule has 1 N–H and O–H groups in total. The number of carboxylic acid groups (broad SMARTS) is 1. The average molecular weight is 303 g/mol. The van der Waals surface area contributed by atoms with Crippen LogP contribution in [0.2, 0.25) is 5.02 Å². The molecule has 0 saturated heterocycles. The summed E-state index contributed by atoms with van der Waals surface area (Å²) < 4.78 is 0. The highest BCUT2D eigenvalue weighted by Gasteiger charge is 2.09. The van der Waals surface area contributed by atoms with Crippen LogP contribution in [-0.4, -0.2) is 11.9 Å². The smallest absolute Gasteiger partial charge is 0.228 e. The Morgan fingerprint density at radius 1 is 1.14 bits per heavy atom. The van der Waals surface area contributed by atoms with Crippen molar-refractivity contribution in [1.82, 2.24) is 0 Å². The van der Waals surface area contributed by atoms with Crippen LogP contribution in [-0.2, 0) is 11.2 Å². The molecule has 0 unspecified atom stereocenters. The summed E-state index contributed by atoms with van der Waals surface area (Å²) in [6.07, 6.45) is 0.187. The van der Waals surface area contributed by atoms with Crippen LogP contribution in [0.4, 0.5) is 5.69 Å². The number of carboxylic acids is 1. The predicted octanol–water partition coefficient (Wildman–Crippen LogP) is 2.19. The predicted molar refractivity (Wildman–Crippen MR) is 79.3 cm³/mol. The van der Waals surface area contributed by atoms with Gasteiger partial charge >= 0.3 is 0 Å². The molecule has 0 fully saturated rings. The Labute approximate surface area is 127 Å². The van der Waals surface area contributed by atoms with E-state index in [1.54, 1.807) is 43.3 Å².